The summed E-state index contributed by atoms with van der Waals surface area (Å²) in [6.45, 7) is 4.13. The zero-order chi connectivity index (χ0) is 30.6. The van der Waals surface area contributed by atoms with Crippen LogP contribution in [-0.4, -0.2) is 60.4 Å². The summed E-state index contributed by atoms with van der Waals surface area (Å²) in [7, 11) is 2.14. The molecule has 2 aliphatic carbocycles. The Hall–Kier alpha value is -3.95. The summed E-state index contributed by atoms with van der Waals surface area (Å²) in [5.41, 5.74) is 5.66. The highest BCUT2D eigenvalue weighted by Gasteiger charge is 2.49. The van der Waals surface area contributed by atoms with Crippen LogP contribution in [0.15, 0.2) is 71.3 Å². The van der Waals surface area contributed by atoms with Crippen LogP contribution in [0.4, 0.5) is 8.78 Å². The van der Waals surface area contributed by atoms with Crippen molar-refractivity contribution in [2.75, 3.05) is 40.0 Å². The van der Waals surface area contributed by atoms with Crippen molar-refractivity contribution in [2.45, 2.75) is 44.2 Å². The van der Waals surface area contributed by atoms with E-state index in [0.717, 1.165) is 53.9 Å². The summed E-state index contributed by atoms with van der Waals surface area (Å²) in [6.07, 6.45) is 7.75. The zero-order valence-corrected chi connectivity index (χ0v) is 25.0. The van der Waals surface area contributed by atoms with Crippen molar-refractivity contribution < 1.29 is 18.3 Å². The van der Waals surface area contributed by atoms with Gasteiger partial charge in [-0.05, 0) is 74.6 Å². The van der Waals surface area contributed by atoms with E-state index in [1.165, 1.54) is 28.6 Å². The molecule has 1 amide bonds. The Morgan fingerprint density at radius 3 is 2.45 bits per heavy atom. The van der Waals surface area contributed by atoms with Crippen LogP contribution in [0.25, 0.3) is 11.1 Å². The van der Waals surface area contributed by atoms with Gasteiger partial charge in [0.2, 0.25) is 0 Å². The summed E-state index contributed by atoms with van der Waals surface area (Å²) in [5.74, 6) is -0.703. The van der Waals surface area contributed by atoms with Crippen LogP contribution in [0.1, 0.15) is 71.4 Å². The normalized spacial score (nSPS) is 20.5. The maximum absolute atomic E-state index is 14.0. The second-order valence-corrected chi connectivity index (χ2v) is 13.1. The van der Waals surface area contributed by atoms with Crippen molar-refractivity contribution in [1.29, 1.82) is 0 Å². The monoisotopic (exact) mass is 598 g/mol. The fourth-order valence-corrected chi connectivity index (χ4v) is 7.16. The number of nitrogens with zero attached hydrogens (tertiary/aromatic N) is 3. The van der Waals surface area contributed by atoms with Crippen LogP contribution in [0, 0.1) is 11.2 Å². The maximum atomic E-state index is 14.0. The quantitative estimate of drug-likeness (QED) is 0.382. The van der Waals surface area contributed by atoms with Gasteiger partial charge < -0.3 is 19.5 Å². The highest BCUT2D eigenvalue weighted by Crippen LogP contribution is 2.54. The number of carbonyl (C=O) groups is 1. The summed E-state index contributed by atoms with van der Waals surface area (Å²) in [4.78, 5) is 33.6. The van der Waals surface area contributed by atoms with E-state index < -0.39 is 12.2 Å². The van der Waals surface area contributed by atoms with E-state index in [1.807, 2.05) is 37.3 Å². The molecule has 0 unspecified atom stereocenters. The molecule has 7 nitrogen and oxygen atoms in total. The molecule has 9 heteroatoms. The van der Waals surface area contributed by atoms with E-state index in [9.17, 15) is 18.4 Å². The number of amides is 1. The Morgan fingerprint density at radius 2 is 1.86 bits per heavy atom. The van der Waals surface area contributed by atoms with Crippen LogP contribution < -0.4 is 10.9 Å². The number of hydrogen-bond acceptors (Lipinski definition) is 5. The topological polar surface area (TPSA) is 76.5 Å². The number of pyridine rings is 2. The minimum absolute atomic E-state index is 0.287. The van der Waals surface area contributed by atoms with Crippen LogP contribution in [0.3, 0.4) is 0 Å². The summed E-state index contributed by atoms with van der Waals surface area (Å²) in [6, 6.07) is 12.5. The minimum atomic E-state index is -0.871. The molecular formula is C35H36F2N4O3. The molecule has 4 heterocycles. The number of halogens is 2. The lowest BCUT2D eigenvalue weighted by Crippen LogP contribution is -2.58. The SMILES string of the molecule is C[C@@H](NC(=O)c1cc(C2=CCOC2)c(=O)n(C2(CF)CC2)c1)c1ccc(C(=C2CC3(C2)CN(C)C3)c2ccc(F)cn2)cc1. The van der Waals surface area contributed by atoms with Gasteiger partial charge in [0, 0.05) is 35.8 Å². The van der Waals surface area contributed by atoms with Gasteiger partial charge in [0.1, 0.15) is 12.5 Å². The third kappa shape index (κ3) is 5.12. The second-order valence-electron chi connectivity index (χ2n) is 13.1. The van der Waals surface area contributed by atoms with Gasteiger partial charge in [-0.3, -0.25) is 14.6 Å². The number of ether oxygens (including phenoxy) is 1. The zero-order valence-electron chi connectivity index (χ0n) is 25.0. The van der Waals surface area contributed by atoms with Gasteiger partial charge in [-0.25, -0.2) is 8.78 Å². The predicted molar refractivity (Wildman–Crippen MR) is 164 cm³/mol. The van der Waals surface area contributed by atoms with Crippen molar-refractivity contribution >= 4 is 17.1 Å². The molecule has 1 aromatic carbocycles. The molecule has 2 saturated carbocycles. The van der Waals surface area contributed by atoms with Gasteiger partial charge in [0.15, 0.2) is 0 Å². The number of nitrogens with one attached hydrogen (secondary N) is 1. The highest BCUT2D eigenvalue weighted by atomic mass is 19.1. The van der Waals surface area contributed by atoms with Gasteiger partial charge in [-0.15, -0.1) is 0 Å². The van der Waals surface area contributed by atoms with E-state index in [0.29, 0.717) is 36.0 Å². The van der Waals surface area contributed by atoms with Crippen molar-refractivity contribution in [3.8, 4) is 0 Å². The number of rotatable bonds is 8. The largest absolute Gasteiger partial charge is 0.373 e. The first-order chi connectivity index (χ1) is 21.2. The molecule has 0 radical (unpaired) electrons. The molecule has 1 N–H and O–H groups in total. The van der Waals surface area contributed by atoms with Gasteiger partial charge in [0.25, 0.3) is 11.5 Å². The van der Waals surface area contributed by atoms with Crippen molar-refractivity contribution in [1.82, 2.24) is 19.8 Å². The van der Waals surface area contributed by atoms with Crippen LogP contribution in [0.5, 0.6) is 0 Å². The van der Waals surface area contributed by atoms with Crippen LogP contribution in [0.2, 0.25) is 0 Å². The van der Waals surface area contributed by atoms with Gasteiger partial charge in [0.05, 0.1) is 42.2 Å². The number of allylic oxidation sites excluding steroid dienone is 1. The lowest BCUT2D eigenvalue weighted by atomic mass is 9.59. The Balaban J connectivity index is 1.13. The lowest BCUT2D eigenvalue weighted by Gasteiger charge is -2.56. The first-order valence-corrected chi connectivity index (χ1v) is 15.2. The Morgan fingerprint density at radius 1 is 1.11 bits per heavy atom. The number of benzene rings is 1. The molecule has 3 fully saturated rings. The number of hydrogen-bond donors (Lipinski definition) is 1. The predicted octanol–water partition coefficient (Wildman–Crippen LogP) is 5.27. The fourth-order valence-electron chi connectivity index (χ4n) is 7.16. The van der Waals surface area contributed by atoms with Gasteiger partial charge >= 0.3 is 0 Å². The molecule has 3 aromatic rings. The van der Waals surface area contributed by atoms with E-state index in [2.05, 4.69) is 22.2 Å². The first-order valence-electron chi connectivity index (χ1n) is 15.2. The smallest absolute Gasteiger partial charge is 0.258 e. The molecule has 0 bridgehead atoms. The van der Waals surface area contributed by atoms with E-state index in [1.54, 1.807) is 12.1 Å². The van der Waals surface area contributed by atoms with Crippen LogP contribution >= 0.6 is 0 Å². The molecule has 2 aromatic heterocycles. The Kier molecular flexibility index (Phi) is 7.13. The van der Waals surface area contributed by atoms with Gasteiger partial charge in [-0.1, -0.05) is 35.9 Å². The first kappa shape index (κ1) is 28.8. The summed E-state index contributed by atoms with van der Waals surface area (Å²) >= 11 is 0. The third-order valence-corrected chi connectivity index (χ3v) is 9.69. The average Bonchev–Trinajstić information content (AvgIpc) is 3.60. The fraction of sp³-hybridized carbons (Fsp3) is 0.400. The van der Waals surface area contributed by atoms with Gasteiger partial charge in [-0.2, -0.15) is 0 Å². The molecule has 2 aliphatic heterocycles. The molecule has 44 heavy (non-hydrogen) atoms. The number of likely N-dealkylation sites (tertiary alicyclic amines) is 1. The molecule has 1 spiro atoms. The Labute approximate surface area is 255 Å². The van der Waals surface area contributed by atoms with Crippen molar-refractivity contribution in [3.05, 3.63) is 111 Å². The Bertz CT molecular complexity index is 1720. The molecule has 1 atom stereocenters. The second kappa shape index (κ2) is 10.9. The molecule has 7 rings (SSSR count). The average molecular weight is 599 g/mol. The molecule has 1 saturated heterocycles. The molecular weight excluding hydrogens is 562 g/mol. The highest BCUT2D eigenvalue weighted by molar-refractivity contribution is 5.95. The minimum Gasteiger partial charge on any atom is -0.373 e. The third-order valence-electron chi connectivity index (χ3n) is 9.69. The standard InChI is InChI=1S/C35H36F2N4O3/c1-22(39-32(42)26-13-29(25-9-12-44-18-25)33(43)41(17-26)35(19-36)10-11-35)23-3-5-24(6-4-23)31(30-8-7-28(37)16-38-30)27-14-34(15-27)20-40(2)21-34/h3-9,13,16-17,22H,10-12,14-15,18-21H2,1-2H3,(H,39,42)/t22-/m1/s1. The molecule has 4 aliphatic rings. The van der Waals surface area contributed by atoms with Crippen molar-refractivity contribution in [3.63, 3.8) is 0 Å². The number of aromatic nitrogens is 2. The summed E-state index contributed by atoms with van der Waals surface area (Å²) < 4.78 is 34.6. The van der Waals surface area contributed by atoms with Crippen molar-refractivity contribution in [2.24, 2.45) is 5.41 Å². The number of carbonyl (C=O) groups excluding carboxylic acids is 1. The molecule has 228 valence electrons. The van der Waals surface area contributed by atoms with E-state index >= 15 is 0 Å². The van der Waals surface area contributed by atoms with Crippen LogP contribution in [-0.2, 0) is 10.3 Å². The lowest BCUT2D eigenvalue weighted by molar-refractivity contribution is -0.0106. The maximum Gasteiger partial charge on any atom is 0.258 e. The van der Waals surface area contributed by atoms with E-state index in [-0.39, 0.29) is 29.9 Å². The number of alkyl halides is 1. The van der Waals surface area contributed by atoms with E-state index in [4.69, 9.17) is 4.74 Å². The summed E-state index contributed by atoms with van der Waals surface area (Å²) in [5, 5.41) is 3.06.